The third kappa shape index (κ3) is 2.81. The summed E-state index contributed by atoms with van der Waals surface area (Å²) in [6, 6.07) is 1.99. The maximum absolute atomic E-state index is 11.7. The minimum atomic E-state index is -1.02. The molecule has 0 saturated heterocycles. The molecule has 0 bridgehead atoms. The molecule has 1 aromatic heterocycles. The number of ether oxygens (including phenoxy) is 1. The molecule has 0 unspecified atom stereocenters. The molecule has 98 valence electrons. The monoisotopic (exact) mass is 269 g/mol. The highest BCUT2D eigenvalue weighted by molar-refractivity contribution is 7.14. The minimum absolute atomic E-state index is 0.108. The zero-order chi connectivity index (χ0) is 13.3. The van der Waals surface area contributed by atoms with Gasteiger partial charge in [0.05, 0.1) is 0 Å². The van der Waals surface area contributed by atoms with Crippen molar-refractivity contribution in [3.8, 4) is 5.75 Å². The van der Waals surface area contributed by atoms with Crippen LogP contribution in [0.25, 0.3) is 0 Å². The van der Waals surface area contributed by atoms with Gasteiger partial charge in [0, 0.05) is 18.0 Å². The number of likely N-dealkylation sites (N-methyl/N-ethyl adjacent to an activating group) is 1. The third-order valence-electron chi connectivity index (χ3n) is 2.85. The van der Waals surface area contributed by atoms with E-state index in [0.717, 1.165) is 29.1 Å². The van der Waals surface area contributed by atoms with Crippen molar-refractivity contribution in [2.24, 2.45) is 0 Å². The molecular weight excluding hydrogens is 254 g/mol. The molecule has 6 heteroatoms. The highest BCUT2D eigenvalue weighted by Crippen LogP contribution is 2.29. The Kier molecular flexibility index (Phi) is 3.56. The van der Waals surface area contributed by atoms with Gasteiger partial charge >= 0.3 is 5.97 Å². The van der Waals surface area contributed by atoms with Crippen molar-refractivity contribution < 1.29 is 19.4 Å². The van der Waals surface area contributed by atoms with E-state index in [4.69, 9.17) is 9.84 Å². The number of hydrogen-bond acceptors (Lipinski definition) is 4. The molecule has 0 aromatic carbocycles. The lowest BCUT2D eigenvalue weighted by Crippen LogP contribution is -2.33. The predicted molar refractivity (Wildman–Crippen MR) is 67.3 cm³/mol. The fourth-order valence-electron chi connectivity index (χ4n) is 1.65. The molecular formula is C12H15NO4S. The van der Waals surface area contributed by atoms with E-state index < -0.39 is 5.97 Å². The van der Waals surface area contributed by atoms with E-state index in [9.17, 15) is 9.59 Å². The molecule has 5 nitrogen and oxygen atoms in total. The number of carbonyl (C=O) groups is 2. The van der Waals surface area contributed by atoms with Gasteiger partial charge in [0.2, 0.25) is 0 Å². The van der Waals surface area contributed by atoms with Crippen LogP contribution in [0.1, 0.15) is 27.4 Å². The van der Waals surface area contributed by atoms with Crippen LogP contribution in [-0.4, -0.2) is 41.6 Å². The lowest BCUT2D eigenvalue weighted by molar-refractivity contribution is -0.132. The van der Waals surface area contributed by atoms with Crippen molar-refractivity contribution in [2.75, 3.05) is 13.7 Å². The van der Waals surface area contributed by atoms with E-state index in [2.05, 4.69) is 0 Å². The first-order chi connectivity index (χ1) is 8.49. The molecule has 0 spiro atoms. The normalized spacial score (nSPS) is 14.3. The van der Waals surface area contributed by atoms with Crippen molar-refractivity contribution in [3.63, 3.8) is 0 Å². The van der Waals surface area contributed by atoms with Crippen molar-refractivity contribution in [3.05, 3.63) is 15.8 Å². The van der Waals surface area contributed by atoms with Crippen LogP contribution in [0.2, 0.25) is 0 Å². The first-order valence-electron chi connectivity index (χ1n) is 5.71. The number of carboxylic acids is 1. The second kappa shape index (κ2) is 4.97. The van der Waals surface area contributed by atoms with Crippen LogP contribution in [0.15, 0.2) is 6.07 Å². The summed E-state index contributed by atoms with van der Waals surface area (Å²) in [5.74, 6) is -0.855. The third-order valence-corrected chi connectivity index (χ3v) is 3.87. The van der Waals surface area contributed by atoms with E-state index in [-0.39, 0.29) is 23.1 Å². The zero-order valence-corrected chi connectivity index (χ0v) is 11.1. The summed E-state index contributed by atoms with van der Waals surface area (Å²) >= 11 is 1.15. The standard InChI is InChI=1S/C12H15NO4S/c1-7-5-9(11(18-7)12(15)16)17-6-10(14)13(2)8-3-4-8/h5,8H,3-4,6H2,1-2H3,(H,15,16). The SMILES string of the molecule is Cc1cc(OCC(=O)N(C)C2CC2)c(C(=O)O)s1. The Hall–Kier alpha value is -1.56. The molecule has 1 heterocycles. The summed E-state index contributed by atoms with van der Waals surface area (Å²) in [5, 5.41) is 8.99. The number of nitrogens with zero attached hydrogens (tertiary/aromatic N) is 1. The predicted octanol–water partition coefficient (Wildman–Crippen LogP) is 1.75. The molecule has 1 N–H and O–H groups in total. The molecule has 1 saturated carbocycles. The molecule has 0 radical (unpaired) electrons. The number of carboxylic acid groups (broad SMARTS) is 1. The van der Waals surface area contributed by atoms with Crippen LogP contribution in [0.5, 0.6) is 5.75 Å². The number of aryl methyl sites for hydroxylation is 1. The summed E-state index contributed by atoms with van der Waals surface area (Å²) in [5.41, 5.74) is 0. The average Bonchev–Trinajstić information content (AvgIpc) is 3.08. The molecule has 1 amide bonds. The number of carbonyl (C=O) groups excluding carboxylic acids is 1. The van der Waals surface area contributed by atoms with Gasteiger partial charge in [-0.25, -0.2) is 4.79 Å². The van der Waals surface area contributed by atoms with E-state index in [1.165, 1.54) is 0 Å². The van der Waals surface area contributed by atoms with E-state index in [1.807, 2.05) is 6.92 Å². The second-order valence-corrected chi connectivity index (χ2v) is 5.64. The fraction of sp³-hybridized carbons (Fsp3) is 0.500. The first kappa shape index (κ1) is 12.9. The Labute approximate surface area is 109 Å². The molecule has 2 rings (SSSR count). The lowest BCUT2D eigenvalue weighted by Gasteiger charge is -2.16. The van der Waals surface area contributed by atoms with Crippen LogP contribution in [0, 0.1) is 6.92 Å². The smallest absolute Gasteiger partial charge is 0.349 e. The summed E-state index contributed by atoms with van der Waals surface area (Å²) in [7, 11) is 1.75. The van der Waals surface area contributed by atoms with E-state index >= 15 is 0 Å². The van der Waals surface area contributed by atoms with Gasteiger partial charge in [-0.15, -0.1) is 11.3 Å². The van der Waals surface area contributed by atoms with Crippen LogP contribution in [-0.2, 0) is 4.79 Å². The topological polar surface area (TPSA) is 66.8 Å². The van der Waals surface area contributed by atoms with Crippen molar-refractivity contribution in [1.82, 2.24) is 4.90 Å². The summed E-state index contributed by atoms with van der Waals surface area (Å²) in [4.78, 5) is 25.4. The summed E-state index contributed by atoms with van der Waals surface area (Å²) < 4.78 is 5.32. The minimum Gasteiger partial charge on any atom is -0.482 e. The highest BCUT2D eigenvalue weighted by Gasteiger charge is 2.29. The number of aromatic carboxylic acids is 1. The molecule has 1 fully saturated rings. The van der Waals surface area contributed by atoms with Gasteiger partial charge < -0.3 is 14.7 Å². The van der Waals surface area contributed by atoms with Crippen LogP contribution in [0.3, 0.4) is 0 Å². The van der Waals surface area contributed by atoms with Gasteiger partial charge in [-0.2, -0.15) is 0 Å². The van der Waals surface area contributed by atoms with Crippen molar-refractivity contribution in [1.29, 1.82) is 0 Å². The Bertz CT molecular complexity index is 478. The van der Waals surface area contributed by atoms with Crippen LogP contribution < -0.4 is 4.74 Å². The van der Waals surface area contributed by atoms with Crippen molar-refractivity contribution >= 4 is 23.2 Å². The van der Waals surface area contributed by atoms with Crippen LogP contribution >= 0.6 is 11.3 Å². The lowest BCUT2D eigenvalue weighted by atomic mass is 10.4. The Balaban J connectivity index is 1.97. The van der Waals surface area contributed by atoms with E-state index in [1.54, 1.807) is 18.0 Å². The first-order valence-corrected chi connectivity index (χ1v) is 6.53. The van der Waals surface area contributed by atoms with Gasteiger partial charge in [-0.3, -0.25) is 4.79 Å². The van der Waals surface area contributed by atoms with Crippen molar-refractivity contribution in [2.45, 2.75) is 25.8 Å². The van der Waals surface area contributed by atoms with Gasteiger partial charge in [0.1, 0.15) is 5.75 Å². The maximum Gasteiger partial charge on any atom is 0.349 e. The Morgan fingerprint density at radius 1 is 1.56 bits per heavy atom. The molecule has 1 aliphatic rings. The molecule has 0 atom stereocenters. The Morgan fingerprint density at radius 2 is 2.22 bits per heavy atom. The Morgan fingerprint density at radius 3 is 2.78 bits per heavy atom. The zero-order valence-electron chi connectivity index (χ0n) is 10.3. The number of thiophene rings is 1. The average molecular weight is 269 g/mol. The number of rotatable bonds is 5. The van der Waals surface area contributed by atoms with Gasteiger partial charge in [-0.1, -0.05) is 0 Å². The van der Waals surface area contributed by atoms with E-state index in [0.29, 0.717) is 6.04 Å². The number of hydrogen-bond donors (Lipinski definition) is 1. The van der Waals surface area contributed by atoms with Gasteiger partial charge in [-0.05, 0) is 25.8 Å². The number of amides is 1. The summed E-state index contributed by atoms with van der Waals surface area (Å²) in [6.45, 7) is 1.70. The molecule has 0 aliphatic heterocycles. The van der Waals surface area contributed by atoms with Gasteiger partial charge in [0.15, 0.2) is 11.5 Å². The fourth-order valence-corrected chi connectivity index (χ4v) is 2.45. The second-order valence-electron chi connectivity index (χ2n) is 4.38. The molecule has 18 heavy (non-hydrogen) atoms. The largest absolute Gasteiger partial charge is 0.482 e. The molecule has 1 aromatic rings. The quantitative estimate of drug-likeness (QED) is 0.884. The maximum atomic E-state index is 11.7. The molecule has 1 aliphatic carbocycles. The highest BCUT2D eigenvalue weighted by atomic mass is 32.1. The van der Waals surface area contributed by atoms with Crippen LogP contribution in [0.4, 0.5) is 0 Å². The van der Waals surface area contributed by atoms with Gasteiger partial charge in [0.25, 0.3) is 5.91 Å². The summed E-state index contributed by atoms with van der Waals surface area (Å²) in [6.07, 6.45) is 2.08.